The van der Waals surface area contributed by atoms with Crippen molar-refractivity contribution in [3.05, 3.63) is 30.3 Å². The van der Waals surface area contributed by atoms with Crippen molar-refractivity contribution < 1.29 is 9.32 Å². The molecule has 2 aromatic heterocycles. The zero-order valence-electron chi connectivity index (χ0n) is 11.4. The molecule has 2 aromatic rings. The smallest absolute Gasteiger partial charge is 0.239 e. The van der Waals surface area contributed by atoms with E-state index in [4.69, 9.17) is 4.52 Å². The van der Waals surface area contributed by atoms with Gasteiger partial charge in [0, 0.05) is 18.5 Å². The summed E-state index contributed by atoms with van der Waals surface area (Å²) in [7, 11) is 0. The topological polar surface area (TPSA) is 80.9 Å². The first-order chi connectivity index (χ1) is 9.69. The van der Waals surface area contributed by atoms with Crippen LogP contribution in [0.1, 0.15) is 25.5 Å². The lowest BCUT2D eigenvalue weighted by Gasteiger charge is -2.13. The number of hydrogen-bond donors (Lipinski definition) is 1. The Morgan fingerprint density at radius 3 is 2.80 bits per heavy atom. The lowest BCUT2D eigenvalue weighted by atomic mass is 10.2. The van der Waals surface area contributed by atoms with E-state index in [0.29, 0.717) is 16.7 Å². The molecule has 7 heteroatoms. The highest BCUT2D eigenvalue weighted by Crippen LogP contribution is 2.24. The van der Waals surface area contributed by atoms with Gasteiger partial charge in [-0.25, -0.2) is 9.97 Å². The van der Waals surface area contributed by atoms with E-state index in [-0.39, 0.29) is 11.2 Å². The van der Waals surface area contributed by atoms with Gasteiger partial charge in [-0.3, -0.25) is 4.79 Å². The monoisotopic (exact) mass is 292 g/mol. The molecule has 0 aliphatic carbocycles. The highest BCUT2D eigenvalue weighted by atomic mass is 32.2. The summed E-state index contributed by atoms with van der Waals surface area (Å²) in [6.07, 6.45) is 4.97. The second-order valence-electron chi connectivity index (χ2n) is 4.24. The molecule has 0 aliphatic heterocycles. The predicted molar refractivity (Wildman–Crippen MR) is 76.5 cm³/mol. The van der Waals surface area contributed by atoms with Gasteiger partial charge in [0.1, 0.15) is 5.76 Å². The molecule has 0 saturated heterocycles. The largest absolute Gasteiger partial charge is 0.360 e. The summed E-state index contributed by atoms with van der Waals surface area (Å²) in [5.41, 5.74) is 0. The molecule has 0 aromatic carbocycles. The summed E-state index contributed by atoms with van der Waals surface area (Å²) in [6.45, 7) is 3.81. The van der Waals surface area contributed by atoms with Crippen LogP contribution in [-0.4, -0.2) is 26.3 Å². The van der Waals surface area contributed by atoms with Crippen molar-refractivity contribution in [2.75, 3.05) is 5.32 Å². The van der Waals surface area contributed by atoms with Gasteiger partial charge >= 0.3 is 0 Å². The minimum Gasteiger partial charge on any atom is -0.360 e. The Morgan fingerprint density at radius 2 is 2.20 bits per heavy atom. The van der Waals surface area contributed by atoms with Crippen LogP contribution in [-0.2, 0) is 4.79 Å². The molecule has 1 N–H and O–H groups in total. The lowest BCUT2D eigenvalue weighted by Crippen LogP contribution is -2.25. The van der Waals surface area contributed by atoms with Crippen molar-refractivity contribution >= 4 is 23.5 Å². The Balaban J connectivity index is 2.02. The second-order valence-corrected chi connectivity index (χ2v) is 5.41. The normalized spacial score (nSPS) is 12.1. The van der Waals surface area contributed by atoms with Crippen LogP contribution in [0.2, 0.25) is 0 Å². The predicted octanol–water partition coefficient (Wildman–Crippen LogP) is 2.67. The van der Waals surface area contributed by atoms with Crippen LogP contribution in [0, 0.1) is 6.92 Å². The van der Waals surface area contributed by atoms with E-state index in [1.807, 2.05) is 6.92 Å². The lowest BCUT2D eigenvalue weighted by molar-refractivity contribution is -0.115. The van der Waals surface area contributed by atoms with Crippen molar-refractivity contribution in [2.24, 2.45) is 0 Å². The quantitative estimate of drug-likeness (QED) is 0.651. The first kappa shape index (κ1) is 14.5. The maximum Gasteiger partial charge on any atom is 0.239 e. The van der Waals surface area contributed by atoms with Crippen LogP contribution in [0.4, 0.5) is 5.82 Å². The van der Waals surface area contributed by atoms with E-state index >= 15 is 0 Å². The van der Waals surface area contributed by atoms with E-state index < -0.39 is 0 Å². The number of nitrogens with zero attached hydrogens (tertiary/aromatic N) is 3. The first-order valence-corrected chi connectivity index (χ1v) is 7.25. The van der Waals surface area contributed by atoms with Crippen LogP contribution in [0.25, 0.3) is 0 Å². The Hall–Kier alpha value is -1.89. The number of anilines is 1. The third-order valence-corrected chi connectivity index (χ3v) is 3.67. The Bertz CT molecular complexity index is 559. The molecular formula is C13H16N4O2S. The minimum atomic E-state index is -0.251. The van der Waals surface area contributed by atoms with Crippen molar-refractivity contribution in [3.8, 4) is 0 Å². The Labute approximate surface area is 121 Å². The van der Waals surface area contributed by atoms with Crippen molar-refractivity contribution in [1.82, 2.24) is 15.1 Å². The number of hydrogen-bond acceptors (Lipinski definition) is 6. The molecule has 20 heavy (non-hydrogen) atoms. The number of aromatic nitrogens is 3. The molecule has 0 fully saturated rings. The molecule has 1 amide bonds. The molecule has 106 valence electrons. The summed E-state index contributed by atoms with van der Waals surface area (Å²) in [6, 6.07) is 3.43. The van der Waals surface area contributed by atoms with Gasteiger partial charge in [-0.2, -0.15) is 0 Å². The zero-order valence-corrected chi connectivity index (χ0v) is 12.2. The van der Waals surface area contributed by atoms with Crippen molar-refractivity contribution in [2.45, 2.75) is 37.1 Å². The molecule has 0 aliphatic rings. The zero-order chi connectivity index (χ0) is 14.4. The summed E-state index contributed by atoms with van der Waals surface area (Å²) < 4.78 is 4.93. The summed E-state index contributed by atoms with van der Waals surface area (Å²) in [5.74, 6) is 0.979. The van der Waals surface area contributed by atoms with E-state index in [1.54, 1.807) is 31.5 Å². The van der Waals surface area contributed by atoms with Crippen molar-refractivity contribution in [1.29, 1.82) is 0 Å². The van der Waals surface area contributed by atoms with E-state index in [1.165, 1.54) is 11.8 Å². The maximum absolute atomic E-state index is 12.2. The van der Waals surface area contributed by atoms with E-state index in [2.05, 4.69) is 20.4 Å². The molecule has 6 nitrogen and oxygen atoms in total. The SMILES string of the molecule is CCCC(Sc1ncccn1)C(=O)Nc1cc(C)on1. The van der Waals surface area contributed by atoms with Gasteiger partial charge in [-0.1, -0.05) is 30.3 Å². The molecular weight excluding hydrogens is 276 g/mol. The van der Waals surface area contributed by atoms with E-state index in [9.17, 15) is 4.79 Å². The fourth-order valence-electron chi connectivity index (χ4n) is 1.61. The molecule has 0 spiro atoms. The highest BCUT2D eigenvalue weighted by molar-refractivity contribution is 8.00. The van der Waals surface area contributed by atoms with Gasteiger partial charge in [0.15, 0.2) is 11.0 Å². The molecule has 0 bridgehead atoms. The number of amides is 1. The van der Waals surface area contributed by atoms with Gasteiger partial charge in [0.05, 0.1) is 5.25 Å². The maximum atomic E-state index is 12.2. The standard InChI is InChI=1S/C13H16N4O2S/c1-3-5-10(20-13-14-6-4-7-15-13)12(18)16-11-8-9(2)19-17-11/h4,6-8,10H,3,5H2,1-2H3,(H,16,17,18). The Morgan fingerprint density at radius 1 is 1.45 bits per heavy atom. The third-order valence-electron chi connectivity index (χ3n) is 2.51. The first-order valence-electron chi connectivity index (χ1n) is 6.37. The second kappa shape index (κ2) is 7.04. The summed E-state index contributed by atoms with van der Waals surface area (Å²) >= 11 is 1.35. The van der Waals surface area contributed by atoms with Gasteiger partial charge < -0.3 is 9.84 Å². The molecule has 1 unspecified atom stereocenters. The van der Waals surface area contributed by atoms with Crippen LogP contribution in [0.15, 0.2) is 34.2 Å². The number of carbonyl (C=O) groups excluding carboxylic acids is 1. The summed E-state index contributed by atoms with van der Waals surface area (Å²) in [5, 5.41) is 6.85. The average Bonchev–Trinajstić information content (AvgIpc) is 2.85. The van der Waals surface area contributed by atoms with Gasteiger partial charge in [0.25, 0.3) is 0 Å². The fourth-order valence-corrected chi connectivity index (χ4v) is 2.63. The van der Waals surface area contributed by atoms with E-state index in [0.717, 1.165) is 12.8 Å². The average molecular weight is 292 g/mol. The summed E-state index contributed by atoms with van der Waals surface area (Å²) in [4.78, 5) is 20.5. The van der Waals surface area contributed by atoms with Crippen LogP contribution in [0.5, 0.6) is 0 Å². The highest BCUT2D eigenvalue weighted by Gasteiger charge is 2.21. The fraction of sp³-hybridized carbons (Fsp3) is 0.385. The molecule has 0 radical (unpaired) electrons. The molecule has 2 heterocycles. The van der Waals surface area contributed by atoms with Gasteiger partial charge in [-0.15, -0.1) is 0 Å². The van der Waals surface area contributed by atoms with Crippen LogP contribution < -0.4 is 5.32 Å². The van der Waals surface area contributed by atoms with Crippen molar-refractivity contribution in [3.63, 3.8) is 0 Å². The molecule has 0 saturated carbocycles. The van der Waals surface area contributed by atoms with Crippen LogP contribution in [0.3, 0.4) is 0 Å². The Kier molecular flexibility index (Phi) is 5.11. The number of rotatable bonds is 6. The number of thioether (sulfide) groups is 1. The van der Waals surface area contributed by atoms with Crippen LogP contribution >= 0.6 is 11.8 Å². The van der Waals surface area contributed by atoms with Gasteiger partial charge in [0.2, 0.25) is 5.91 Å². The minimum absolute atomic E-state index is 0.113. The number of carbonyl (C=O) groups is 1. The number of aryl methyl sites for hydroxylation is 1. The number of nitrogens with one attached hydrogen (secondary N) is 1. The van der Waals surface area contributed by atoms with Gasteiger partial charge in [-0.05, 0) is 19.4 Å². The third kappa shape index (κ3) is 4.06. The molecule has 1 atom stereocenters. The molecule has 2 rings (SSSR count).